The summed E-state index contributed by atoms with van der Waals surface area (Å²) in [5, 5.41) is 76.1. The van der Waals surface area contributed by atoms with Crippen molar-refractivity contribution in [2.24, 2.45) is 0 Å². The molecule has 13 heteroatoms. The van der Waals surface area contributed by atoms with Crippen LogP contribution in [0.3, 0.4) is 0 Å². The standard InChI is InChI=1S/C15H26O11.C3H4O2/c1-2-3-23-12-11(21)9(19)7(4-16)24-14(12)26-15(6-18)13(22)10(20)8(5-17)25-15;1-2-3(4)5/h2,7-14,16-22H,1,3-6H2;2H,1H2,(H,4,5)/t7-,8-,9-,10-,11+,12-,13+,14-,15-;/m1./s1. The van der Waals surface area contributed by atoms with Crippen LogP contribution >= 0.6 is 0 Å². The predicted molar refractivity (Wildman–Crippen MR) is 100 cm³/mol. The number of rotatable bonds is 9. The Morgan fingerprint density at radius 2 is 1.58 bits per heavy atom. The molecule has 9 atom stereocenters. The Labute approximate surface area is 178 Å². The zero-order valence-electron chi connectivity index (χ0n) is 16.6. The maximum Gasteiger partial charge on any atom is 0.327 e. The van der Waals surface area contributed by atoms with Crippen LogP contribution < -0.4 is 0 Å². The van der Waals surface area contributed by atoms with Crippen LogP contribution in [0, 0.1) is 0 Å². The van der Waals surface area contributed by atoms with Gasteiger partial charge in [0.25, 0.3) is 0 Å². The number of aliphatic carboxylic acids is 1. The van der Waals surface area contributed by atoms with Gasteiger partial charge in [0.05, 0.1) is 19.8 Å². The first kappa shape index (κ1) is 27.5. The quantitative estimate of drug-likeness (QED) is 0.123. The highest BCUT2D eigenvalue weighted by Gasteiger charge is 2.58. The number of ether oxygens (including phenoxy) is 4. The van der Waals surface area contributed by atoms with E-state index < -0.39 is 80.6 Å². The minimum absolute atomic E-state index is 0.0428. The fourth-order valence-electron chi connectivity index (χ4n) is 2.97. The van der Waals surface area contributed by atoms with Crippen LogP contribution in [-0.4, -0.2) is 128 Å². The SMILES string of the molecule is C=CC(=O)O.C=CCO[C@H]1[C@@H](O[C@@]2(CO)O[C@H](CO)[C@@H](O)[C@@H]2O)O[C@H](CO)[C@@H](O)[C@@H]1O. The Morgan fingerprint density at radius 1 is 1.00 bits per heavy atom. The fraction of sp³-hybridized carbons (Fsp3) is 0.722. The highest BCUT2D eigenvalue weighted by molar-refractivity contribution is 5.78. The Balaban J connectivity index is 0.000000861. The summed E-state index contributed by atoms with van der Waals surface area (Å²) in [4.78, 5) is 9.25. The lowest BCUT2D eigenvalue weighted by Crippen LogP contribution is -2.63. The van der Waals surface area contributed by atoms with E-state index >= 15 is 0 Å². The van der Waals surface area contributed by atoms with E-state index in [1.807, 2.05) is 0 Å². The van der Waals surface area contributed by atoms with Gasteiger partial charge in [-0.2, -0.15) is 0 Å². The van der Waals surface area contributed by atoms with E-state index in [1.54, 1.807) is 0 Å². The number of carbonyl (C=O) groups is 1. The predicted octanol–water partition coefficient (Wildman–Crippen LogP) is -3.93. The number of carboxylic acid groups (broad SMARTS) is 1. The lowest BCUT2D eigenvalue weighted by atomic mass is 9.98. The zero-order valence-corrected chi connectivity index (χ0v) is 16.6. The Hall–Kier alpha value is -1.49. The number of hydrogen-bond donors (Lipinski definition) is 8. The monoisotopic (exact) mass is 454 g/mol. The van der Waals surface area contributed by atoms with Gasteiger partial charge in [0.2, 0.25) is 5.79 Å². The summed E-state index contributed by atoms with van der Waals surface area (Å²) >= 11 is 0. The number of aliphatic hydroxyl groups excluding tert-OH is 7. The van der Waals surface area contributed by atoms with Crippen LogP contribution in [0.25, 0.3) is 0 Å². The summed E-state index contributed by atoms with van der Waals surface area (Å²) in [6.45, 7) is 4.17. The summed E-state index contributed by atoms with van der Waals surface area (Å²) in [6, 6.07) is 0. The molecule has 0 aromatic rings. The van der Waals surface area contributed by atoms with Crippen LogP contribution in [0.15, 0.2) is 25.3 Å². The van der Waals surface area contributed by atoms with Crippen LogP contribution in [-0.2, 0) is 23.7 Å². The number of aliphatic hydroxyl groups is 7. The molecule has 2 aliphatic heterocycles. The molecule has 0 amide bonds. The summed E-state index contributed by atoms with van der Waals surface area (Å²) in [7, 11) is 0. The minimum Gasteiger partial charge on any atom is -0.478 e. The van der Waals surface area contributed by atoms with Gasteiger partial charge in [-0.1, -0.05) is 12.7 Å². The molecular formula is C18H30O13. The first-order valence-corrected chi connectivity index (χ1v) is 9.26. The summed E-state index contributed by atoms with van der Waals surface area (Å²) in [6.07, 6.45) is -9.32. The average molecular weight is 454 g/mol. The second-order valence-corrected chi connectivity index (χ2v) is 6.70. The largest absolute Gasteiger partial charge is 0.478 e. The smallest absolute Gasteiger partial charge is 0.327 e. The minimum atomic E-state index is -2.17. The molecular weight excluding hydrogens is 424 g/mol. The molecule has 0 aromatic carbocycles. The fourth-order valence-corrected chi connectivity index (χ4v) is 2.97. The Morgan fingerprint density at radius 3 is 2.00 bits per heavy atom. The van der Waals surface area contributed by atoms with Crippen molar-refractivity contribution in [3.05, 3.63) is 25.3 Å². The van der Waals surface area contributed by atoms with Crippen LogP contribution in [0.1, 0.15) is 0 Å². The van der Waals surface area contributed by atoms with Gasteiger partial charge in [0, 0.05) is 6.08 Å². The maximum absolute atomic E-state index is 10.2. The Kier molecular flexibility index (Phi) is 11.1. The molecule has 2 fully saturated rings. The van der Waals surface area contributed by atoms with E-state index in [9.17, 15) is 40.5 Å². The molecule has 2 rings (SSSR count). The highest BCUT2D eigenvalue weighted by atomic mass is 16.8. The van der Waals surface area contributed by atoms with Crippen molar-refractivity contribution in [2.45, 2.75) is 54.8 Å². The molecule has 0 saturated carbocycles. The van der Waals surface area contributed by atoms with Gasteiger partial charge in [-0.3, -0.25) is 0 Å². The van der Waals surface area contributed by atoms with Crippen LogP contribution in [0.2, 0.25) is 0 Å². The first-order valence-electron chi connectivity index (χ1n) is 9.26. The van der Waals surface area contributed by atoms with Gasteiger partial charge < -0.3 is 59.8 Å². The zero-order chi connectivity index (χ0) is 23.8. The molecule has 13 nitrogen and oxygen atoms in total. The van der Waals surface area contributed by atoms with Crippen molar-refractivity contribution >= 4 is 5.97 Å². The topological polar surface area (TPSA) is 216 Å². The van der Waals surface area contributed by atoms with E-state index in [1.165, 1.54) is 6.08 Å². The lowest BCUT2D eigenvalue weighted by Gasteiger charge is -2.44. The van der Waals surface area contributed by atoms with Crippen molar-refractivity contribution in [3.63, 3.8) is 0 Å². The van der Waals surface area contributed by atoms with Gasteiger partial charge in [-0.25, -0.2) is 4.79 Å². The highest BCUT2D eigenvalue weighted by Crippen LogP contribution is 2.36. The van der Waals surface area contributed by atoms with E-state index in [4.69, 9.17) is 24.1 Å². The lowest BCUT2D eigenvalue weighted by molar-refractivity contribution is -0.386. The third kappa shape index (κ3) is 6.50. The van der Waals surface area contributed by atoms with Crippen molar-refractivity contribution in [3.8, 4) is 0 Å². The van der Waals surface area contributed by atoms with Gasteiger partial charge >= 0.3 is 5.97 Å². The van der Waals surface area contributed by atoms with Gasteiger partial charge in [0.15, 0.2) is 6.29 Å². The van der Waals surface area contributed by atoms with E-state index in [0.717, 1.165) is 6.08 Å². The molecule has 2 heterocycles. The van der Waals surface area contributed by atoms with Gasteiger partial charge in [-0.15, -0.1) is 6.58 Å². The third-order valence-electron chi connectivity index (χ3n) is 4.63. The van der Waals surface area contributed by atoms with Crippen LogP contribution in [0.4, 0.5) is 0 Å². The van der Waals surface area contributed by atoms with E-state index in [2.05, 4.69) is 13.2 Å². The maximum atomic E-state index is 10.2. The molecule has 180 valence electrons. The van der Waals surface area contributed by atoms with E-state index in [-0.39, 0.29) is 6.61 Å². The molecule has 0 aromatic heterocycles. The average Bonchev–Trinajstić information content (AvgIpc) is 3.01. The van der Waals surface area contributed by atoms with Crippen molar-refractivity contribution in [1.29, 1.82) is 0 Å². The van der Waals surface area contributed by atoms with Crippen molar-refractivity contribution < 1.29 is 64.6 Å². The molecule has 2 aliphatic rings. The van der Waals surface area contributed by atoms with Gasteiger partial charge in [0.1, 0.15) is 49.3 Å². The van der Waals surface area contributed by atoms with E-state index in [0.29, 0.717) is 0 Å². The Bertz CT molecular complexity index is 587. The summed E-state index contributed by atoms with van der Waals surface area (Å²) < 4.78 is 21.5. The normalized spacial score (nSPS) is 40.0. The van der Waals surface area contributed by atoms with Crippen LogP contribution in [0.5, 0.6) is 0 Å². The molecule has 0 unspecified atom stereocenters. The second-order valence-electron chi connectivity index (χ2n) is 6.70. The van der Waals surface area contributed by atoms with Crippen molar-refractivity contribution in [2.75, 3.05) is 26.4 Å². The van der Waals surface area contributed by atoms with Gasteiger partial charge in [-0.05, 0) is 0 Å². The first-order chi connectivity index (χ1) is 14.6. The summed E-state index contributed by atoms with van der Waals surface area (Å²) in [5.41, 5.74) is 0. The third-order valence-corrected chi connectivity index (χ3v) is 4.63. The number of hydrogen-bond acceptors (Lipinski definition) is 12. The molecule has 0 bridgehead atoms. The second kappa shape index (κ2) is 12.5. The summed E-state index contributed by atoms with van der Waals surface area (Å²) in [5.74, 6) is -3.15. The molecule has 8 N–H and O–H groups in total. The number of carboxylic acids is 1. The van der Waals surface area contributed by atoms with Crippen molar-refractivity contribution in [1.82, 2.24) is 0 Å². The molecule has 0 aliphatic carbocycles. The molecule has 0 spiro atoms. The molecule has 0 radical (unpaired) electrons. The molecule has 2 saturated heterocycles. The molecule has 31 heavy (non-hydrogen) atoms.